The fourth-order valence-electron chi connectivity index (χ4n) is 1.90. The van der Waals surface area contributed by atoms with E-state index in [0.717, 1.165) is 11.3 Å². The van der Waals surface area contributed by atoms with Crippen molar-refractivity contribution in [3.8, 4) is 17.0 Å². The van der Waals surface area contributed by atoms with Crippen LogP contribution in [-0.2, 0) is 11.8 Å². The van der Waals surface area contributed by atoms with Gasteiger partial charge in [-0.3, -0.25) is 4.68 Å². The lowest BCUT2D eigenvalue weighted by Crippen LogP contribution is -2.05. The second-order valence-corrected chi connectivity index (χ2v) is 4.54. The number of hydrogen-bond acceptors (Lipinski definition) is 4. The monoisotopic (exact) mass is 294 g/mol. The van der Waals surface area contributed by atoms with Crippen LogP contribution in [0.3, 0.4) is 0 Å². The van der Waals surface area contributed by atoms with Crippen molar-refractivity contribution in [1.29, 1.82) is 0 Å². The number of rotatable bonds is 4. The zero-order chi connectivity index (χ0) is 14.7. The minimum Gasteiger partial charge on any atom is -0.496 e. The molecule has 2 rings (SSSR count). The van der Waals surface area contributed by atoms with Crippen molar-refractivity contribution >= 4 is 17.6 Å². The zero-order valence-corrected chi connectivity index (χ0v) is 12.3. The zero-order valence-electron chi connectivity index (χ0n) is 11.5. The maximum absolute atomic E-state index is 11.7. The summed E-state index contributed by atoms with van der Waals surface area (Å²) in [6, 6.07) is 6.94. The minimum absolute atomic E-state index is 0.256. The Morgan fingerprint density at radius 1 is 1.40 bits per heavy atom. The van der Waals surface area contributed by atoms with Crippen molar-refractivity contribution in [3.05, 3.63) is 35.0 Å². The normalized spacial score (nSPS) is 10.4. The second kappa shape index (κ2) is 5.96. The van der Waals surface area contributed by atoms with E-state index in [1.54, 1.807) is 50.0 Å². The summed E-state index contributed by atoms with van der Waals surface area (Å²) >= 11 is 6.02. The Bertz CT molecular complexity index is 637. The second-order valence-electron chi connectivity index (χ2n) is 4.10. The van der Waals surface area contributed by atoms with Gasteiger partial charge >= 0.3 is 5.97 Å². The number of esters is 1. The molecule has 0 bridgehead atoms. The highest BCUT2D eigenvalue weighted by Gasteiger charge is 2.17. The van der Waals surface area contributed by atoms with Gasteiger partial charge in [0.05, 0.1) is 19.4 Å². The molecule has 2 aromatic rings. The van der Waals surface area contributed by atoms with Crippen molar-refractivity contribution in [2.24, 2.45) is 7.05 Å². The molecule has 0 aliphatic heterocycles. The Kier molecular flexibility index (Phi) is 4.29. The molecule has 1 heterocycles. The van der Waals surface area contributed by atoms with Crippen molar-refractivity contribution in [1.82, 2.24) is 9.78 Å². The summed E-state index contributed by atoms with van der Waals surface area (Å²) in [5.41, 5.74) is 1.75. The fraction of sp³-hybridized carbons (Fsp3) is 0.286. The van der Waals surface area contributed by atoms with E-state index >= 15 is 0 Å². The summed E-state index contributed by atoms with van der Waals surface area (Å²) in [5.74, 6) is 0.211. The molecule has 1 aromatic carbocycles. The van der Waals surface area contributed by atoms with Crippen LogP contribution in [0.25, 0.3) is 11.3 Å². The van der Waals surface area contributed by atoms with Gasteiger partial charge in [-0.1, -0.05) is 11.6 Å². The Morgan fingerprint density at radius 3 is 2.80 bits per heavy atom. The largest absolute Gasteiger partial charge is 0.496 e. The molecule has 0 amide bonds. The number of nitrogens with zero attached hydrogens (tertiary/aromatic N) is 2. The molecular weight excluding hydrogens is 280 g/mol. The van der Waals surface area contributed by atoms with Gasteiger partial charge in [-0.25, -0.2) is 4.79 Å². The predicted octanol–water partition coefficient (Wildman–Crippen LogP) is 2.93. The molecule has 1 aromatic heterocycles. The predicted molar refractivity (Wildman–Crippen MR) is 76.2 cm³/mol. The average molecular weight is 295 g/mol. The van der Waals surface area contributed by atoms with Crippen molar-refractivity contribution in [2.45, 2.75) is 6.92 Å². The van der Waals surface area contributed by atoms with Gasteiger partial charge < -0.3 is 9.47 Å². The summed E-state index contributed by atoms with van der Waals surface area (Å²) in [4.78, 5) is 11.7. The number of halogens is 1. The molecule has 0 fully saturated rings. The van der Waals surface area contributed by atoms with Crippen LogP contribution in [0.4, 0.5) is 0 Å². The molecule has 5 nitrogen and oxygen atoms in total. The summed E-state index contributed by atoms with van der Waals surface area (Å²) in [5, 5.41) is 4.74. The van der Waals surface area contributed by atoms with Crippen molar-refractivity contribution in [3.63, 3.8) is 0 Å². The lowest BCUT2D eigenvalue weighted by atomic mass is 10.1. The SMILES string of the molecule is CCOC(=O)c1cc(-c2cc(Cl)ccc2OC)n(C)n1. The van der Waals surface area contributed by atoms with Gasteiger partial charge in [0, 0.05) is 17.6 Å². The number of ether oxygens (including phenoxy) is 2. The highest BCUT2D eigenvalue weighted by Crippen LogP contribution is 2.32. The average Bonchev–Trinajstić information content (AvgIpc) is 2.81. The number of hydrogen-bond donors (Lipinski definition) is 0. The van der Waals surface area contributed by atoms with E-state index in [9.17, 15) is 4.79 Å². The summed E-state index contributed by atoms with van der Waals surface area (Å²) < 4.78 is 11.8. The van der Waals surface area contributed by atoms with Crippen LogP contribution in [0.15, 0.2) is 24.3 Å². The third-order valence-corrected chi connectivity index (χ3v) is 3.04. The smallest absolute Gasteiger partial charge is 0.358 e. The van der Waals surface area contributed by atoms with Gasteiger partial charge in [-0.05, 0) is 31.2 Å². The van der Waals surface area contributed by atoms with Gasteiger partial charge in [-0.15, -0.1) is 0 Å². The van der Waals surface area contributed by atoms with Crippen molar-refractivity contribution in [2.75, 3.05) is 13.7 Å². The Hall–Kier alpha value is -2.01. The molecule has 0 atom stereocenters. The Labute approximate surface area is 122 Å². The van der Waals surface area contributed by atoms with E-state index < -0.39 is 5.97 Å². The van der Waals surface area contributed by atoms with Gasteiger partial charge in [-0.2, -0.15) is 5.10 Å². The molecule has 0 spiro atoms. The standard InChI is InChI=1S/C14H15ClN2O3/c1-4-20-14(18)11-8-12(17(2)16-11)10-7-9(15)5-6-13(10)19-3/h5-8H,4H2,1-3H3. The Morgan fingerprint density at radius 2 is 2.15 bits per heavy atom. The van der Waals surface area contributed by atoms with Crippen LogP contribution < -0.4 is 4.74 Å². The quantitative estimate of drug-likeness (QED) is 0.814. The topological polar surface area (TPSA) is 53.4 Å². The Balaban J connectivity index is 2.48. The fourth-order valence-corrected chi connectivity index (χ4v) is 2.08. The number of carbonyl (C=O) groups is 1. The van der Waals surface area contributed by atoms with E-state index in [1.807, 2.05) is 0 Å². The van der Waals surface area contributed by atoms with E-state index in [1.165, 1.54) is 0 Å². The maximum atomic E-state index is 11.7. The van der Waals surface area contributed by atoms with Crippen LogP contribution >= 0.6 is 11.6 Å². The molecule has 0 aliphatic carbocycles. The number of aromatic nitrogens is 2. The van der Waals surface area contributed by atoms with Gasteiger partial charge in [0.25, 0.3) is 0 Å². The first-order valence-corrected chi connectivity index (χ1v) is 6.49. The minimum atomic E-state index is -0.449. The van der Waals surface area contributed by atoms with Crippen LogP contribution in [0.1, 0.15) is 17.4 Å². The number of carbonyl (C=O) groups excluding carboxylic acids is 1. The molecule has 0 N–H and O–H groups in total. The van der Waals surface area contributed by atoms with Gasteiger partial charge in [0.1, 0.15) is 5.75 Å². The van der Waals surface area contributed by atoms with Crippen LogP contribution in [-0.4, -0.2) is 29.5 Å². The highest BCUT2D eigenvalue weighted by atomic mass is 35.5. The third-order valence-electron chi connectivity index (χ3n) is 2.80. The molecule has 0 saturated heterocycles. The maximum Gasteiger partial charge on any atom is 0.358 e. The van der Waals surface area contributed by atoms with E-state index in [4.69, 9.17) is 21.1 Å². The highest BCUT2D eigenvalue weighted by molar-refractivity contribution is 6.31. The van der Waals surface area contributed by atoms with Gasteiger partial charge in [0.15, 0.2) is 5.69 Å². The number of benzene rings is 1. The van der Waals surface area contributed by atoms with E-state index in [-0.39, 0.29) is 5.69 Å². The number of aryl methyl sites for hydroxylation is 1. The first-order valence-electron chi connectivity index (χ1n) is 6.12. The molecule has 0 saturated carbocycles. The van der Waals surface area contributed by atoms with Gasteiger partial charge in [0.2, 0.25) is 0 Å². The van der Waals surface area contributed by atoms with Crippen molar-refractivity contribution < 1.29 is 14.3 Å². The molecule has 0 aliphatic rings. The number of methoxy groups -OCH3 is 1. The molecule has 106 valence electrons. The van der Waals surface area contributed by atoms with Crippen LogP contribution in [0, 0.1) is 0 Å². The lowest BCUT2D eigenvalue weighted by molar-refractivity contribution is 0.0518. The first kappa shape index (κ1) is 14.4. The van der Waals surface area contributed by atoms with E-state index in [0.29, 0.717) is 17.4 Å². The summed E-state index contributed by atoms with van der Waals surface area (Å²) in [6.45, 7) is 2.06. The molecule has 0 unspecified atom stereocenters. The third kappa shape index (κ3) is 2.77. The van der Waals surface area contributed by atoms with Crippen LogP contribution in [0.5, 0.6) is 5.75 Å². The lowest BCUT2D eigenvalue weighted by Gasteiger charge is -2.08. The molecular formula is C14H15ClN2O3. The van der Waals surface area contributed by atoms with E-state index in [2.05, 4.69) is 5.10 Å². The summed E-state index contributed by atoms with van der Waals surface area (Å²) in [7, 11) is 3.33. The molecule has 0 radical (unpaired) electrons. The first-order chi connectivity index (χ1) is 9.56. The molecule has 6 heteroatoms. The van der Waals surface area contributed by atoms with Crippen LogP contribution in [0.2, 0.25) is 5.02 Å². The molecule has 20 heavy (non-hydrogen) atoms. The summed E-state index contributed by atoms with van der Waals surface area (Å²) in [6.07, 6.45) is 0.